The Hall–Kier alpha value is -2.37. The van der Waals surface area contributed by atoms with Gasteiger partial charge >= 0.3 is 0 Å². The molecule has 0 aliphatic rings. The highest BCUT2D eigenvalue weighted by Crippen LogP contribution is 2.25. The van der Waals surface area contributed by atoms with Gasteiger partial charge in [0.2, 0.25) is 0 Å². The highest BCUT2D eigenvalue weighted by molar-refractivity contribution is 9.10. The third-order valence-electron chi connectivity index (χ3n) is 4.47. The van der Waals surface area contributed by atoms with Gasteiger partial charge in [0.1, 0.15) is 5.75 Å². The summed E-state index contributed by atoms with van der Waals surface area (Å²) in [7, 11) is 1.65. The van der Waals surface area contributed by atoms with Crippen molar-refractivity contribution in [3.63, 3.8) is 0 Å². The zero-order chi connectivity index (χ0) is 20.3. The molecule has 0 saturated carbocycles. The van der Waals surface area contributed by atoms with Gasteiger partial charge in [0.05, 0.1) is 29.5 Å². The summed E-state index contributed by atoms with van der Waals surface area (Å²) in [6, 6.07) is 12.7. The number of rotatable bonds is 6. The van der Waals surface area contributed by atoms with Crippen LogP contribution in [0.4, 0.5) is 0 Å². The van der Waals surface area contributed by atoms with Crippen molar-refractivity contribution in [2.45, 2.75) is 20.4 Å². The van der Waals surface area contributed by atoms with Crippen LogP contribution < -0.4 is 4.74 Å². The van der Waals surface area contributed by atoms with Crippen molar-refractivity contribution in [2.75, 3.05) is 7.11 Å². The number of ketones is 1. The van der Waals surface area contributed by atoms with E-state index in [1.165, 1.54) is 0 Å². The first-order valence-corrected chi connectivity index (χ1v) is 9.90. The molecule has 1 aromatic heterocycles. The third-order valence-corrected chi connectivity index (χ3v) is 5.87. The van der Waals surface area contributed by atoms with Gasteiger partial charge in [-0.25, -0.2) is 0 Å². The van der Waals surface area contributed by atoms with Gasteiger partial charge < -0.3 is 4.74 Å². The summed E-state index contributed by atoms with van der Waals surface area (Å²) in [5, 5.41) is 5.17. The van der Waals surface area contributed by atoms with E-state index in [-0.39, 0.29) is 5.78 Å². The van der Waals surface area contributed by atoms with Crippen LogP contribution in [0, 0.1) is 13.8 Å². The van der Waals surface area contributed by atoms with E-state index in [9.17, 15) is 4.79 Å². The van der Waals surface area contributed by atoms with Crippen LogP contribution in [0.25, 0.3) is 6.08 Å². The van der Waals surface area contributed by atoms with Crippen LogP contribution in [0.1, 0.15) is 32.9 Å². The zero-order valence-corrected chi connectivity index (χ0v) is 18.2. The summed E-state index contributed by atoms with van der Waals surface area (Å²) in [4.78, 5) is 12.3. The molecule has 144 valence electrons. The molecule has 6 heteroatoms. The molecule has 0 aliphatic heterocycles. The Balaban J connectivity index is 1.84. The number of aryl methyl sites for hydroxylation is 1. The molecule has 3 rings (SSSR count). The van der Waals surface area contributed by atoms with E-state index in [2.05, 4.69) is 21.0 Å². The number of carbonyl (C=O) groups excluding carboxylic acids is 1. The maximum atomic E-state index is 12.3. The maximum Gasteiger partial charge on any atom is 0.185 e. The standard InChI is InChI=1S/C22H20BrClN2O2/c1-14-22(23)15(2)26(25-14)13-18-12-16(5-11-21(18)28-3)4-10-20(27)17-6-8-19(24)9-7-17/h4-12H,13H2,1-3H3/b10-4+. The molecule has 0 aliphatic carbocycles. The molecule has 0 spiro atoms. The fourth-order valence-electron chi connectivity index (χ4n) is 2.90. The fourth-order valence-corrected chi connectivity index (χ4v) is 3.31. The lowest BCUT2D eigenvalue weighted by molar-refractivity contribution is 0.104. The van der Waals surface area contributed by atoms with Gasteiger partial charge in [-0.05, 0) is 77.8 Å². The summed E-state index contributed by atoms with van der Waals surface area (Å²) < 4.78 is 8.44. The number of ether oxygens (including phenoxy) is 1. The molecular formula is C22H20BrClN2O2. The van der Waals surface area contributed by atoms with Crippen LogP contribution in [-0.2, 0) is 6.54 Å². The Kier molecular flexibility index (Phi) is 6.37. The Labute approximate surface area is 177 Å². The Morgan fingerprint density at radius 3 is 2.54 bits per heavy atom. The van der Waals surface area contributed by atoms with Crippen LogP contribution in [-0.4, -0.2) is 22.7 Å². The molecule has 0 bridgehead atoms. The van der Waals surface area contributed by atoms with Gasteiger partial charge in [0.25, 0.3) is 0 Å². The normalized spacial score (nSPS) is 11.2. The van der Waals surface area contributed by atoms with Crippen LogP contribution in [0.3, 0.4) is 0 Å². The van der Waals surface area contributed by atoms with Crippen molar-refractivity contribution in [3.8, 4) is 5.75 Å². The van der Waals surface area contributed by atoms with Crippen LogP contribution in [0.5, 0.6) is 5.75 Å². The second-order valence-electron chi connectivity index (χ2n) is 6.42. The molecule has 3 aromatic rings. The summed E-state index contributed by atoms with van der Waals surface area (Å²) in [6.07, 6.45) is 3.37. The lowest BCUT2D eigenvalue weighted by Crippen LogP contribution is -2.06. The second-order valence-corrected chi connectivity index (χ2v) is 7.65. The minimum absolute atomic E-state index is 0.0727. The number of halogens is 2. The summed E-state index contributed by atoms with van der Waals surface area (Å²) in [5.41, 5.74) is 4.50. The highest BCUT2D eigenvalue weighted by atomic mass is 79.9. The predicted molar refractivity (Wildman–Crippen MR) is 116 cm³/mol. The third kappa shape index (κ3) is 4.54. The largest absolute Gasteiger partial charge is 0.496 e. The minimum atomic E-state index is -0.0727. The van der Waals surface area contributed by atoms with Crippen molar-refractivity contribution in [1.29, 1.82) is 0 Å². The maximum absolute atomic E-state index is 12.3. The lowest BCUT2D eigenvalue weighted by atomic mass is 10.1. The molecule has 0 N–H and O–H groups in total. The zero-order valence-electron chi connectivity index (χ0n) is 15.9. The number of benzene rings is 2. The number of carbonyl (C=O) groups is 1. The molecule has 0 saturated heterocycles. The lowest BCUT2D eigenvalue weighted by Gasteiger charge is -2.11. The summed E-state index contributed by atoms with van der Waals surface area (Å²) in [5.74, 6) is 0.710. The molecule has 0 unspecified atom stereocenters. The average Bonchev–Trinajstić information content (AvgIpc) is 2.93. The summed E-state index contributed by atoms with van der Waals surface area (Å²) in [6.45, 7) is 4.56. The first-order chi connectivity index (χ1) is 13.4. The molecule has 0 fully saturated rings. The topological polar surface area (TPSA) is 44.1 Å². The van der Waals surface area contributed by atoms with Crippen LogP contribution in [0.2, 0.25) is 5.02 Å². The molecule has 0 atom stereocenters. The molecule has 0 amide bonds. The molecule has 1 heterocycles. The quantitative estimate of drug-likeness (QED) is 0.342. The van der Waals surface area contributed by atoms with Crippen LogP contribution in [0.15, 0.2) is 53.0 Å². The molecule has 4 nitrogen and oxygen atoms in total. The Morgan fingerprint density at radius 1 is 1.21 bits per heavy atom. The average molecular weight is 460 g/mol. The molecule has 2 aromatic carbocycles. The van der Waals surface area contributed by atoms with Crippen LogP contribution >= 0.6 is 27.5 Å². The van der Waals surface area contributed by atoms with E-state index >= 15 is 0 Å². The van der Waals surface area contributed by atoms with Gasteiger partial charge in [-0.15, -0.1) is 0 Å². The number of allylic oxidation sites excluding steroid dienone is 1. The van der Waals surface area contributed by atoms with Crippen molar-refractivity contribution < 1.29 is 9.53 Å². The Morgan fingerprint density at radius 2 is 1.93 bits per heavy atom. The number of hydrogen-bond acceptors (Lipinski definition) is 3. The number of methoxy groups -OCH3 is 1. The van der Waals surface area contributed by atoms with Gasteiger partial charge in [0.15, 0.2) is 5.78 Å². The van der Waals surface area contributed by atoms with Crippen molar-refractivity contribution in [3.05, 3.63) is 86.1 Å². The number of nitrogens with zero attached hydrogens (tertiary/aromatic N) is 2. The molecular weight excluding hydrogens is 440 g/mol. The van der Waals surface area contributed by atoms with Crippen molar-refractivity contribution >= 4 is 39.4 Å². The number of aromatic nitrogens is 2. The Bertz CT molecular complexity index is 1040. The van der Waals surface area contributed by atoms with E-state index in [0.29, 0.717) is 17.1 Å². The van der Waals surface area contributed by atoms with Crippen molar-refractivity contribution in [2.24, 2.45) is 0 Å². The van der Waals surface area contributed by atoms with E-state index in [4.69, 9.17) is 16.3 Å². The van der Waals surface area contributed by atoms with Gasteiger partial charge in [-0.3, -0.25) is 9.48 Å². The smallest absolute Gasteiger partial charge is 0.185 e. The highest BCUT2D eigenvalue weighted by Gasteiger charge is 2.12. The van der Waals surface area contributed by atoms with E-state index in [0.717, 1.165) is 32.7 Å². The van der Waals surface area contributed by atoms with Gasteiger partial charge in [-0.1, -0.05) is 23.7 Å². The first kappa shape index (κ1) is 20.4. The first-order valence-electron chi connectivity index (χ1n) is 8.73. The van der Waals surface area contributed by atoms with Gasteiger partial charge in [-0.2, -0.15) is 5.10 Å². The van der Waals surface area contributed by atoms with E-state index in [1.807, 2.05) is 36.7 Å². The van der Waals surface area contributed by atoms with E-state index in [1.54, 1.807) is 43.5 Å². The van der Waals surface area contributed by atoms with E-state index < -0.39 is 0 Å². The second kappa shape index (κ2) is 8.76. The van der Waals surface area contributed by atoms with Gasteiger partial charge in [0, 0.05) is 16.1 Å². The summed E-state index contributed by atoms with van der Waals surface area (Å²) >= 11 is 9.43. The number of hydrogen-bond donors (Lipinski definition) is 0. The fraction of sp³-hybridized carbons (Fsp3) is 0.182. The minimum Gasteiger partial charge on any atom is -0.496 e. The SMILES string of the molecule is COc1ccc(/C=C/C(=O)c2ccc(Cl)cc2)cc1Cn1nc(C)c(Br)c1C. The molecule has 0 radical (unpaired) electrons. The predicted octanol–water partition coefficient (Wildman–Crippen LogP) is 5.87. The monoisotopic (exact) mass is 458 g/mol. The molecule has 28 heavy (non-hydrogen) atoms. The van der Waals surface area contributed by atoms with Crippen molar-refractivity contribution in [1.82, 2.24) is 9.78 Å².